The molecule has 62 valence electrons. The second-order valence-electron chi connectivity index (χ2n) is 1.65. The van der Waals surface area contributed by atoms with E-state index in [1.54, 1.807) is 0 Å². The van der Waals surface area contributed by atoms with Gasteiger partial charge in [0.25, 0.3) is 0 Å². The third-order valence-corrected chi connectivity index (χ3v) is 0.803. The molecule has 0 aliphatic carbocycles. The van der Waals surface area contributed by atoms with Crippen LogP contribution in [0.2, 0.25) is 0 Å². The Kier molecular flexibility index (Phi) is 6.78. The minimum atomic E-state index is -0.792. The maximum absolute atomic E-state index is 8.84. The molecule has 5 nitrogen and oxygen atoms in total. The minimum absolute atomic E-state index is 0.0104. The predicted molar refractivity (Wildman–Crippen MR) is 32.1 cm³/mol. The number of ether oxygens (including phenoxy) is 2. The predicted octanol–water partition coefficient (Wildman–Crippen LogP) is -1.72. The second-order valence-corrected chi connectivity index (χ2v) is 1.65. The van der Waals surface area contributed by atoms with Crippen LogP contribution < -0.4 is 0 Å². The normalized spacial score (nSPS) is 10.8. The Morgan fingerprint density at radius 2 is 1.40 bits per heavy atom. The van der Waals surface area contributed by atoms with Crippen LogP contribution >= 0.6 is 0 Å². The number of hydrogen-bond acceptors (Lipinski definition) is 5. The molecule has 0 heterocycles. The fourth-order valence-electron chi connectivity index (χ4n) is 0.426. The molecular formula is C5H12O5. The van der Waals surface area contributed by atoms with Gasteiger partial charge >= 0.3 is 0 Å². The average Bonchev–Trinajstić information content (AvgIpc) is 1.97. The Bertz CT molecular complexity index is 59.1. The first-order valence-electron chi connectivity index (χ1n) is 2.86. The Labute approximate surface area is 58.8 Å². The molecule has 0 unspecified atom stereocenters. The summed E-state index contributed by atoms with van der Waals surface area (Å²) >= 11 is 0. The van der Waals surface area contributed by atoms with Crippen LogP contribution in [0.5, 0.6) is 0 Å². The first-order chi connectivity index (χ1) is 4.81. The SMILES string of the molecule is OCOCC(O)COCO. The summed E-state index contributed by atoms with van der Waals surface area (Å²) < 4.78 is 8.87. The van der Waals surface area contributed by atoms with Crippen LogP contribution in [0.15, 0.2) is 0 Å². The smallest absolute Gasteiger partial charge is 0.143 e. The summed E-state index contributed by atoms with van der Waals surface area (Å²) in [5.74, 6) is 0. The highest BCUT2D eigenvalue weighted by atomic mass is 16.6. The lowest BCUT2D eigenvalue weighted by molar-refractivity contribution is -0.0855. The standard InChI is InChI=1S/C5H12O5/c6-3-9-1-5(8)2-10-4-7/h5-8H,1-4H2. The molecule has 3 N–H and O–H groups in total. The number of aliphatic hydroxyl groups excluding tert-OH is 3. The van der Waals surface area contributed by atoms with E-state index in [2.05, 4.69) is 9.47 Å². The molecule has 0 aliphatic heterocycles. The van der Waals surface area contributed by atoms with Crippen molar-refractivity contribution in [1.82, 2.24) is 0 Å². The van der Waals surface area contributed by atoms with Gasteiger partial charge < -0.3 is 24.8 Å². The lowest BCUT2D eigenvalue weighted by atomic mass is 10.4. The van der Waals surface area contributed by atoms with Crippen molar-refractivity contribution < 1.29 is 24.8 Å². The molecule has 0 aromatic carbocycles. The first kappa shape index (κ1) is 9.80. The van der Waals surface area contributed by atoms with E-state index in [0.717, 1.165) is 0 Å². The summed E-state index contributed by atoms with van der Waals surface area (Å²) in [5.41, 5.74) is 0. The molecule has 0 rings (SSSR count). The van der Waals surface area contributed by atoms with Crippen molar-refractivity contribution in [3.05, 3.63) is 0 Å². The zero-order valence-electron chi connectivity index (χ0n) is 5.56. The molecule has 5 heteroatoms. The third kappa shape index (κ3) is 5.93. The van der Waals surface area contributed by atoms with E-state index in [1.165, 1.54) is 0 Å². The Balaban J connectivity index is 3.00. The number of hydrogen-bond donors (Lipinski definition) is 3. The molecule has 0 amide bonds. The van der Waals surface area contributed by atoms with Crippen LogP contribution in [0, 0.1) is 0 Å². The molecule has 10 heavy (non-hydrogen) atoms. The average molecular weight is 152 g/mol. The van der Waals surface area contributed by atoms with Gasteiger partial charge in [-0.15, -0.1) is 0 Å². The zero-order chi connectivity index (χ0) is 7.82. The van der Waals surface area contributed by atoms with Gasteiger partial charge in [0.2, 0.25) is 0 Å². The molecule has 0 saturated heterocycles. The molecule has 0 aliphatic rings. The summed E-state index contributed by atoms with van der Waals surface area (Å²) in [6.07, 6.45) is -0.792. The number of rotatable bonds is 6. The van der Waals surface area contributed by atoms with Crippen molar-refractivity contribution in [2.45, 2.75) is 6.10 Å². The molecule has 0 spiro atoms. The van der Waals surface area contributed by atoms with E-state index in [9.17, 15) is 0 Å². The van der Waals surface area contributed by atoms with Gasteiger partial charge in [-0.25, -0.2) is 0 Å². The fraction of sp³-hybridized carbons (Fsp3) is 1.00. The molecule has 0 aromatic heterocycles. The van der Waals surface area contributed by atoms with Crippen molar-refractivity contribution in [2.75, 3.05) is 26.8 Å². The van der Waals surface area contributed by atoms with E-state index in [1.807, 2.05) is 0 Å². The molecule has 0 bridgehead atoms. The minimum Gasteiger partial charge on any atom is -0.388 e. The highest BCUT2D eigenvalue weighted by Crippen LogP contribution is 1.85. The molecule has 0 radical (unpaired) electrons. The zero-order valence-corrected chi connectivity index (χ0v) is 5.56. The molecule has 0 saturated carbocycles. The Hall–Kier alpha value is -0.200. The van der Waals surface area contributed by atoms with E-state index in [-0.39, 0.29) is 13.2 Å². The van der Waals surface area contributed by atoms with Crippen molar-refractivity contribution in [2.24, 2.45) is 0 Å². The van der Waals surface area contributed by atoms with Crippen molar-refractivity contribution in [1.29, 1.82) is 0 Å². The van der Waals surface area contributed by atoms with E-state index in [0.29, 0.717) is 0 Å². The largest absolute Gasteiger partial charge is 0.388 e. The van der Waals surface area contributed by atoms with E-state index < -0.39 is 19.7 Å². The van der Waals surface area contributed by atoms with Crippen molar-refractivity contribution >= 4 is 0 Å². The number of aliphatic hydroxyl groups is 3. The maximum atomic E-state index is 8.84. The third-order valence-electron chi connectivity index (χ3n) is 0.803. The highest BCUT2D eigenvalue weighted by Gasteiger charge is 2.02. The van der Waals surface area contributed by atoms with E-state index >= 15 is 0 Å². The summed E-state index contributed by atoms with van der Waals surface area (Å²) in [7, 11) is 0. The van der Waals surface area contributed by atoms with Crippen molar-refractivity contribution in [3.8, 4) is 0 Å². The highest BCUT2D eigenvalue weighted by molar-refractivity contribution is 4.48. The monoisotopic (exact) mass is 152 g/mol. The van der Waals surface area contributed by atoms with E-state index in [4.69, 9.17) is 15.3 Å². The van der Waals surface area contributed by atoms with Crippen LogP contribution in [0.25, 0.3) is 0 Å². The lowest BCUT2D eigenvalue weighted by Crippen LogP contribution is -2.22. The molecule has 0 fully saturated rings. The van der Waals surface area contributed by atoms with Crippen LogP contribution in [-0.4, -0.2) is 48.2 Å². The summed E-state index contributed by atoms with van der Waals surface area (Å²) in [4.78, 5) is 0. The van der Waals surface area contributed by atoms with Crippen LogP contribution in [-0.2, 0) is 9.47 Å². The molecule has 0 aromatic rings. The molecular weight excluding hydrogens is 140 g/mol. The van der Waals surface area contributed by atoms with Gasteiger partial charge in [-0.2, -0.15) is 0 Å². The van der Waals surface area contributed by atoms with Crippen LogP contribution in [0.4, 0.5) is 0 Å². The van der Waals surface area contributed by atoms with Gasteiger partial charge in [0.05, 0.1) is 13.2 Å². The van der Waals surface area contributed by atoms with Gasteiger partial charge in [0, 0.05) is 0 Å². The van der Waals surface area contributed by atoms with Gasteiger partial charge in [-0.3, -0.25) is 0 Å². The Morgan fingerprint density at radius 1 is 1.00 bits per heavy atom. The topological polar surface area (TPSA) is 79.2 Å². The van der Waals surface area contributed by atoms with Crippen molar-refractivity contribution in [3.63, 3.8) is 0 Å². The fourth-order valence-corrected chi connectivity index (χ4v) is 0.426. The van der Waals surface area contributed by atoms with Crippen LogP contribution in [0.3, 0.4) is 0 Å². The Morgan fingerprint density at radius 3 is 1.70 bits per heavy atom. The first-order valence-corrected chi connectivity index (χ1v) is 2.86. The van der Waals surface area contributed by atoms with Gasteiger partial charge in [-0.05, 0) is 0 Å². The lowest BCUT2D eigenvalue weighted by Gasteiger charge is -2.08. The molecule has 0 atom stereocenters. The van der Waals surface area contributed by atoms with Gasteiger partial charge in [-0.1, -0.05) is 0 Å². The van der Waals surface area contributed by atoms with Gasteiger partial charge in [0.1, 0.15) is 19.7 Å². The van der Waals surface area contributed by atoms with Gasteiger partial charge in [0.15, 0.2) is 0 Å². The maximum Gasteiger partial charge on any atom is 0.143 e. The summed E-state index contributed by atoms with van der Waals surface area (Å²) in [5, 5.41) is 25.1. The van der Waals surface area contributed by atoms with Crippen LogP contribution in [0.1, 0.15) is 0 Å². The quantitative estimate of drug-likeness (QED) is 0.394. The summed E-state index contributed by atoms with van der Waals surface area (Å²) in [6, 6.07) is 0. The summed E-state index contributed by atoms with van der Waals surface area (Å²) in [6.45, 7) is -0.820. The second kappa shape index (κ2) is 6.91.